The van der Waals surface area contributed by atoms with Crippen molar-refractivity contribution in [2.75, 3.05) is 5.32 Å². The van der Waals surface area contributed by atoms with Gasteiger partial charge in [-0.25, -0.2) is 0 Å². The summed E-state index contributed by atoms with van der Waals surface area (Å²) in [7, 11) is 0. The Balaban J connectivity index is 3.28. The van der Waals surface area contributed by atoms with Gasteiger partial charge in [-0.3, -0.25) is 20.2 Å². The molecule has 0 saturated heterocycles. The summed E-state index contributed by atoms with van der Waals surface area (Å²) in [6.07, 6.45) is 0.817. The molecule has 0 fully saturated rings. The molecule has 0 aromatic carbocycles. The van der Waals surface area contributed by atoms with E-state index in [1.807, 2.05) is 12.2 Å². The Hall–Kier alpha value is -2.19. The van der Waals surface area contributed by atoms with E-state index in [0.29, 0.717) is 6.42 Å². The van der Waals surface area contributed by atoms with E-state index < -0.39 is 10.7 Å². The van der Waals surface area contributed by atoms with Gasteiger partial charge in [-0.1, -0.05) is 12.0 Å². The molecule has 1 aromatic heterocycles. The molecule has 1 amide bonds. The SMILES string of the molecule is CC[C@H](C)n1nc(NC=O)c([N+](=O)[O-])[n+]1[O-]. The maximum atomic E-state index is 11.5. The van der Waals surface area contributed by atoms with Crippen LogP contribution in [0.15, 0.2) is 0 Å². The summed E-state index contributed by atoms with van der Waals surface area (Å²) in [5, 5.41) is 27.8. The fraction of sp³-hybridized carbons (Fsp3) is 0.571. The Morgan fingerprint density at radius 2 is 2.38 bits per heavy atom. The second kappa shape index (κ2) is 4.55. The summed E-state index contributed by atoms with van der Waals surface area (Å²) in [6.45, 7) is 3.50. The van der Waals surface area contributed by atoms with Crippen LogP contribution < -0.4 is 10.2 Å². The fourth-order valence-corrected chi connectivity index (χ4v) is 1.12. The number of nitrogens with zero attached hydrogens (tertiary/aromatic N) is 4. The lowest BCUT2D eigenvalue weighted by molar-refractivity contribution is -0.738. The van der Waals surface area contributed by atoms with Crippen molar-refractivity contribution >= 4 is 18.0 Å². The first-order valence-electron chi connectivity index (χ1n) is 4.59. The second-order valence-electron chi connectivity index (χ2n) is 3.14. The first-order chi connectivity index (χ1) is 7.52. The molecule has 1 atom stereocenters. The molecule has 1 aromatic rings. The van der Waals surface area contributed by atoms with E-state index in [1.54, 1.807) is 6.92 Å². The minimum Gasteiger partial charge on any atom is -0.590 e. The van der Waals surface area contributed by atoms with Crippen molar-refractivity contribution in [3.8, 4) is 0 Å². The van der Waals surface area contributed by atoms with Gasteiger partial charge in [0.25, 0.3) is 0 Å². The maximum Gasteiger partial charge on any atom is 0.583 e. The van der Waals surface area contributed by atoms with Gasteiger partial charge in [0.2, 0.25) is 6.41 Å². The molecule has 0 bridgehead atoms. The van der Waals surface area contributed by atoms with Crippen LogP contribution in [0.25, 0.3) is 0 Å². The molecular formula is C7H11N5O4. The summed E-state index contributed by atoms with van der Waals surface area (Å²) in [6, 6.07) is -0.293. The van der Waals surface area contributed by atoms with E-state index in [0.717, 1.165) is 4.80 Å². The third-order valence-corrected chi connectivity index (χ3v) is 2.14. The highest BCUT2D eigenvalue weighted by atomic mass is 16.6. The highest BCUT2D eigenvalue weighted by Crippen LogP contribution is 2.18. The predicted molar refractivity (Wildman–Crippen MR) is 52.5 cm³/mol. The lowest BCUT2D eigenvalue weighted by atomic mass is 10.3. The van der Waals surface area contributed by atoms with E-state index >= 15 is 0 Å². The number of hydrogen-bond donors (Lipinski definition) is 1. The van der Waals surface area contributed by atoms with Crippen LogP contribution in [0.1, 0.15) is 26.3 Å². The summed E-state index contributed by atoms with van der Waals surface area (Å²) >= 11 is 0. The Bertz CT molecular complexity index is 415. The van der Waals surface area contributed by atoms with Gasteiger partial charge < -0.3 is 5.21 Å². The van der Waals surface area contributed by atoms with Crippen LogP contribution in [-0.4, -0.2) is 21.2 Å². The van der Waals surface area contributed by atoms with E-state index in [2.05, 4.69) is 5.10 Å². The number of carbonyl (C=O) groups excluding carboxylic acids is 1. The summed E-state index contributed by atoms with van der Waals surface area (Å²) in [5.41, 5.74) is 0. The van der Waals surface area contributed by atoms with Crippen molar-refractivity contribution < 1.29 is 14.6 Å². The largest absolute Gasteiger partial charge is 0.590 e. The van der Waals surface area contributed by atoms with E-state index in [9.17, 15) is 20.1 Å². The fourth-order valence-electron chi connectivity index (χ4n) is 1.12. The van der Waals surface area contributed by atoms with Crippen LogP contribution in [-0.2, 0) is 4.79 Å². The number of nitro groups is 1. The van der Waals surface area contributed by atoms with Crippen molar-refractivity contribution in [1.82, 2.24) is 9.90 Å². The zero-order valence-corrected chi connectivity index (χ0v) is 8.78. The van der Waals surface area contributed by atoms with Gasteiger partial charge >= 0.3 is 11.6 Å². The quantitative estimate of drug-likeness (QED) is 0.250. The first kappa shape index (κ1) is 11.9. The average molecular weight is 229 g/mol. The van der Waals surface area contributed by atoms with Gasteiger partial charge in [-0.15, -0.1) is 0 Å². The molecule has 0 aliphatic carbocycles. The van der Waals surface area contributed by atoms with E-state index in [4.69, 9.17) is 0 Å². The molecule has 9 nitrogen and oxygen atoms in total. The number of hydrogen-bond acceptors (Lipinski definition) is 5. The second-order valence-corrected chi connectivity index (χ2v) is 3.14. The average Bonchev–Trinajstić information content (AvgIpc) is 2.55. The minimum atomic E-state index is -0.884. The van der Waals surface area contributed by atoms with Gasteiger partial charge in [-0.2, -0.15) is 0 Å². The smallest absolute Gasteiger partial charge is 0.583 e. The summed E-state index contributed by atoms with van der Waals surface area (Å²) < 4.78 is 0. The Morgan fingerprint density at radius 1 is 1.75 bits per heavy atom. The minimum absolute atomic E-state index is 0.0694. The Kier molecular flexibility index (Phi) is 3.38. The molecule has 0 aliphatic heterocycles. The third kappa shape index (κ3) is 1.92. The van der Waals surface area contributed by atoms with Crippen molar-refractivity contribution in [2.24, 2.45) is 0 Å². The highest BCUT2D eigenvalue weighted by molar-refractivity contribution is 5.71. The maximum absolute atomic E-state index is 11.5. The van der Waals surface area contributed by atoms with Crippen LogP contribution in [0.5, 0.6) is 0 Å². The number of anilines is 1. The van der Waals surface area contributed by atoms with E-state index in [1.165, 1.54) is 0 Å². The van der Waals surface area contributed by atoms with Gasteiger partial charge in [0.15, 0.2) is 0 Å². The van der Waals surface area contributed by atoms with Gasteiger partial charge in [0.1, 0.15) is 11.0 Å². The van der Waals surface area contributed by atoms with Gasteiger partial charge in [0.05, 0.1) is 0 Å². The monoisotopic (exact) mass is 229 g/mol. The molecule has 16 heavy (non-hydrogen) atoms. The number of carbonyl (C=O) groups is 1. The first-order valence-corrected chi connectivity index (χ1v) is 4.59. The van der Waals surface area contributed by atoms with Crippen molar-refractivity contribution in [3.63, 3.8) is 0 Å². The Labute approximate surface area is 90.4 Å². The van der Waals surface area contributed by atoms with Crippen molar-refractivity contribution in [1.29, 1.82) is 0 Å². The zero-order valence-electron chi connectivity index (χ0n) is 8.78. The highest BCUT2D eigenvalue weighted by Gasteiger charge is 2.34. The molecule has 88 valence electrons. The topological polar surface area (TPSA) is 117 Å². The normalized spacial score (nSPS) is 12.1. The van der Waals surface area contributed by atoms with Crippen LogP contribution in [0.2, 0.25) is 0 Å². The van der Waals surface area contributed by atoms with Crippen molar-refractivity contribution in [2.45, 2.75) is 26.3 Å². The molecule has 0 spiro atoms. The lowest BCUT2D eigenvalue weighted by Gasteiger charge is -2.05. The molecule has 1 heterocycles. The van der Waals surface area contributed by atoms with Crippen LogP contribution in [0, 0.1) is 15.3 Å². The molecule has 1 N–H and O–H groups in total. The molecule has 9 heteroatoms. The van der Waals surface area contributed by atoms with Crippen LogP contribution >= 0.6 is 0 Å². The summed E-state index contributed by atoms with van der Waals surface area (Å²) in [5.74, 6) is -1.14. The summed E-state index contributed by atoms with van der Waals surface area (Å²) in [4.78, 5) is 20.9. The predicted octanol–water partition coefficient (Wildman–Crippen LogP) is -0.0360. The molecule has 0 aliphatic rings. The van der Waals surface area contributed by atoms with Gasteiger partial charge in [-0.05, 0) is 18.1 Å². The van der Waals surface area contributed by atoms with E-state index in [-0.39, 0.29) is 23.1 Å². The number of amides is 1. The number of aromatic nitrogens is 3. The molecule has 0 unspecified atom stereocenters. The Morgan fingerprint density at radius 3 is 2.81 bits per heavy atom. The van der Waals surface area contributed by atoms with Crippen molar-refractivity contribution in [3.05, 3.63) is 15.3 Å². The molecule has 0 saturated carbocycles. The van der Waals surface area contributed by atoms with Crippen LogP contribution in [0.4, 0.5) is 11.6 Å². The number of rotatable bonds is 5. The molecular weight excluding hydrogens is 218 g/mol. The zero-order chi connectivity index (χ0) is 12.3. The number of nitrogens with one attached hydrogen (secondary N) is 1. The lowest BCUT2D eigenvalue weighted by Crippen LogP contribution is -2.41. The third-order valence-electron chi connectivity index (χ3n) is 2.14. The molecule has 0 radical (unpaired) electrons. The van der Waals surface area contributed by atoms with Gasteiger partial charge in [0, 0.05) is 4.85 Å². The molecule has 1 rings (SSSR count). The standard InChI is InChI=1S/C7H11N5O4/c1-3-5(2)10-9-6(8-4-13)7(11(10)14)12(15)16/h4-5H,3H2,1-2H3,(H,8,9,13)/t5-/m0/s1. The van der Waals surface area contributed by atoms with Crippen LogP contribution in [0.3, 0.4) is 0 Å².